The van der Waals surface area contributed by atoms with Crippen LogP contribution < -0.4 is 5.73 Å². The Morgan fingerprint density at radius 1 is 1.30 bits per heavy atom. The SMILES string of the molecule is CC1C(C)N1C[C@@H]1CCN(C(=O)OC(C)(C)C)C[C@H]1N. The first-order valence-electron chi connectivity index (χ1n) is 7.68. The number of rotatable bonds is 2. The van der Waals surface area contributed by atoms with Crippen LogP contribution in [0.25, 0.3) is 0 Å². The molecule has 5 nitrogen and oxygen atoms in total. The molecule has 1 amide bonds. The van der Waals surface area contributed by atoms with E-state index < -0.39 is 5.60 Å². The maximum atomic E-state index is 12.0. The third-order valence-electron chi connectivity index (χ3n) is 4.56. The quantitative estimate of drug-likeness (QED) is 0.783. The van der Waals surface area contributed by atoms with Crippen LogP contribution in [0.5, 0.6) is 0 Å². The van der Waals surface area contributed by atoms with Crippen molar-refractivity contribution in [3.63, 3.8) is 0 Å². The summed E-state index contributed by atoms with van der Waals surface area (Å²) in [6, 6.07) is 1.42. The van der Waals surface area contributed by atoms with E-state index in [-0.39, 0.29) is 12.1 Å². The molecule has 116 valence electrons. The maximum absolute atomic E-state index is 12.0. The molecule has 20 heavy (non-hydrogen) atoms. The van der Waals surface area contributed by atoms with Gasteiger partial charge in [0.1, 0.15) is 5.60 Å². The minimum Gasteiger partial charge on any atom is -0.444 e. The molecule has 2 fully saturated rings. The lowest BCUT2D eigenvalue weighted by atomic mass is 9.92. The Morgan fingerprint density at radius 2 is 1.90 bits per heavy atom. The molecular weight excluding hydrogens is 254 g/mol. The van der Waals surface area contributed by atoms with Crippen LogP contribution in [-0.2, 0) is 4.74 Å². The monoisotopic (exact) mass is 283 g/mol. The van der Waals surface area contributed by atoms with Crippen LogP contribution in [-0.4, -0.2) is 59.3 Å². The van der Waals surface area contributed by atoms with E-state index in [0.29, 0.717) is 24.5 Å². The summed E-state index contributed by atoms with van der Waals surface area (Å²) in [7, 11) is 0. The summed E-state index contributed by atoms with van der Waals surface area (Å²) in [6.45, 7) is 12.6. The van der Waals surface area contributed by atoms with E-state index in [9.17, 15) is 4.79 Å². The van der Waals surface area contributed by atoms with Crippen molar-refractivity contribution in [1.29, 1.82) is 0 Å². The minimum absolute atomic E-state index is 0.0521. The second kappa shape index (κ2) is 5.53. The highest BCUT2D eigenvalue weighted by Gasteiger charge is 2.42. The largest absolute Gasteiger partial charge is 0.444 e. The van der Waals surface area contributed by atoms with Crippen LogP contribution in [0.4, 0.5) is 4.79 Å². The van der Waals surface area contributed by atoms with Gasteiger partial charge in [-0.05, 0) is 47.0 Å². The first kappa shape index (κ1) is 15.6. The summed E-state index contributed by atoms with van der Waals surface area (Å²) in [5.41, 5.74) is 5.82. The summed E-state index contributed by atoms with van der Waals surface area (Å²) < 4.78 is 5.41. The Kier molecular flexibility index (Phi) is 4.30. The molecule has 2 aliphatic rings. The summed E-state index contributed by atoms with van der Waals surface area (Å²) in [4.78, 5) is 16.3. The van der Waals surface area contributed by atoms with Gasteiger partial charge in [0, 0.05) is 37.8 Å². The third-order valence-corrected chi connectivity index (χ3v) is 4.56. The fourth-order valence-electron chi connectivity index (χ4n) is 2.93. The van der Waals surface area contributed by atoms with Crippen molar-refractivity contribution in [3.8, 4) is 0 Å². The average molecular weight is 283 g/mol. The predicted octanol–water partition coefficient (Wildman–Crippen LogP) is 1.66. The number of piperidine rings is 1. The molecular formula is C15H29N3O2. The first-order chi connectivity index (χ1) is 9.19. The van der Waals surface area contributed by atoms with Gasteiger partial charge in [-0.3, -0.25) is 4.90 Å². The zero-order chi connectivity index (χ0) is 15.1. The number of hydrogen-bond donors (Lipinski definition) is 1. The third kappa shape index (κ3) is 3.64. The van der Waals surface area contributed by atoms with E-state index in [1.54, 1.807) is 4.90 Å². The van der Waals surface area contributed by atoms with Crippen LogP contribution in [0.1, 0.15) is 41.0 Å². The molecule has 0 aromatic heterocycles. The maximum Gasteiger partial charge on any atom is 0.410 e. The Hall–Kier alpha value is -0.810. The van der Waals surface area contributed by atoms with E-state index in [1.165, 1.54) is 0 Å². The molecule has 0 radical (unpaired) electrons. The molecule has 0 aliphatic carbocycles. The zero-order valence-electron chi connectivity index (χ0n) is 13.4. The fourth-order valence-corrected chi connectivity index (χ4v) is 2.93. The van der Waals surface area contributed by atoms with Crippen LogP contribution in [0.15, 0.2) is 0 Å². The number of likely N-dealkylation sites (tertiary alicyclic amines) is 1. The van der Waals surface area contributed by atoms with Gasteiger partial charge in [-0.15, -0.1) is 0 Å². The number of carbonyl (C=O) groups is 1. The Bertz CT molecular complexity index is 359. The average Bonchev–Trinajstić information content (AvgIpc) is 2.87. The minimum atomic E-state index is -0.442. The summed E-state index contributed by atoms with van der Waals surface area (Å²) in [5.74, 6) is 0.487. The number of ether oxygens (including phenoxy) is 1. The molecule has 2 aliphatic heterocycles. The second-order valence-electron chi connectivity index (χ2n) is 7.32. The van der Waals surface area contributed by atoms with E-state index in [0.717, 1.165) is 19.5 Å². The fraction of sp³-hybridized carbons (Fsp3) is 0.933. The van der Waals surface area contributed by atoms with Gasteiger partial charge in [-0.1, -0.05) is 0 Å². The van der Waals surface area contributed by atoms with Crippen LogP contribution in [0.3, 0.4) is 0 Å². The lowest BCUT2D eigenvalue weighted by Gasteiger charge is -2.37. The second-order valence-corrected chi connectivity index (χ2v) is 7.32. The van der Waals surface area contributed by atoms with Gasteiger partial charge in [-0.2, -0.15) is 0 Å². The van der Waals surface area contributed by atoms with Gasteiger partial charge in [0.2, 0.25) is 0 Å². The zero-order valence-corrected chi connectivity index (χ0v) is 13.4. The van der Waals surface area contributed by atoms with Gasteiger partial charge in [0.15, 0.2) is 0 Å². The van der Waals surface area contributed by atoms with Crippen LogP contribution >= 0.6 is 0 Å². The van der Waals surface area contributed by atoms with Crippen molar-refractivity contribution in [1.82, 2.24) is 9.80 Å². The molecule has 0 saturated carbocycles. The van der Waals surface area contributed by atoms with Crippen LogP contribution in [0.2, 0.25) is 0 Å². The standard InChI is InChI=1S/C15H29N3O2/c1-10-11(2)18(10)8-12-6-7-17(9-13(12)16)14(19)20-15(3,4)5/h10-13H,6-9,16H2,1-5H3/t10?,11?,12-,13+,18?/m0/s1. The highest BCUT2D eigenvalue weighted by molar-refractivity contribution is 5.68. The number of nitrogens with two attached hydrogens (primary N) is 1. The molecule has 2 N–H and O–H groups in total. The summed E-state index contributed by atoms with van der Waals surface area (Å²) in [5, 5.41) is 0. The molecule has 0 aromatic rings. The molecule has 2 saturated heterocycles. The lowest BCUT2D eigenvalue weighted by Crippen LogP contribution is -2.53. The number of hydrogen-bond acceptors (Lipinski definition) is 4. The molecule has 4 atom stereocenters. The van der Waals surface area contributed by atoms with E-state index in [2.05, 4.69) is 18.7 Å². The lowest BCUT2D eigenvalue weighted by molar-refractivity contribution is 0.0152. The van der Waals surface area contributed by atoms with Crippen molar-refractivity contribution in [2.75, 3.05) is 19.6 Å². The molecule has 5 heteroatoms. The highest BCUT2D eigenvalue weighted by atomic mass is 16.6. The van der Waals surface area contributed by atoms with E-state index >= 15 is 0 Å². The summed E-state index contributed by atoms with van der Waals surface area (Å²) in [6.07, 6.45) is 0.732. The summed E-state index contributed by atoms with van der Waals surface area (Å²) >= 11 is 0. The molecule has 2 unspecified atom stereocenters. The number of carbonyl (C=O) groups excluding carboxylic acids is 1. The molecule has 0 bridgehead atoms. The molecule has 2 heterocycles. The van der Waals surface area contributed by atoms with Gasteiger partial charge < -0.3 is 15.4 Å². The molecule has 2 rings (SSSR count). The Labute approximate surface area is 122 Å². The highest BCUT2D eigenvalue weighted by Crippen LogP contribution is 2.30. The van der Waals surface area contributed by atoms with Crippen LogP contribution in [0, 0.1) is 5.92 Å². The van der Waals surface area contributed by atoms with Crippen molar-refractivity contribution in [2.24, 2.45) is 11.7 Å². The number of nitrogens with zero attached hydrogens (tertiary/aromatic N) is 2. The predicted molar refractivity (Wildman–Crippen MR) is 79.5 cm³/mol. The van der Waals surface area contributed by atoms with Crippen molar-refractivity contribution >= 4 is 6.09 Å². The Morgan fingerprint density at radius 3 is 2.35 bits per heavy atom. The van der Waals surface area contributed by atoms with Gasteiger partial charge in [0.25, 0.3) is 0 Å². The van der Waals surface area contributed by atoms with Gasteiger partial charge >= 0.3 is 6.09 Å². The van der Waals surface area contributed by atoms with E-state index in [4.69, 9.17) is 10.5 Å². The van der Waals surface area contributed by atoms with Gasteiger partial charge in [-0.25, -0.2) is 4.79 Å². The van der Waals surface area contributed by atoms with Crippen molar-refractivity contribution in [2.45, 2.75) is 64.8 Å². The van der Waals surface area contributed by atoms with Gasteiger partial charge in [0.05, 0.1) is 0 Å². The first-order valence-corrected chi connectivity index (χ1v) is 7.68. The Balaban J connectivity index is 1.81. The normalized spacial score (nSPS) is 37.7. The number of amides is 1. The smallest absolute Gasteiger partial charge is 0.410 e. The van der Waals surface area contributed by atoms with Crippen molar-refractivity contribution < 1.29 is 9.53 Å². The van der Waals surface area contributed by atoms with E-state index in [1.807, 2.05) is 20.8 Å². The van der Waals surface area contributed by atoms with Crippen molar-refractivity contribution in [3.05, 3.63) is 0 Å². The molecule has 0 spiro atoms. The topological polar surface area (TPSA) is 58.6 Å². The molecule has 0 aromatic carbocycles.